The normalized spacial score (nSPS) is 12.0. The van der Waals surface area contributed by atoms with Crippen LogP contribution in [0.3, 0.4) is 0 Å². The van der Waals surface area contributed by atoms with E-state index in [1.165, 1.54) is 17.0 Å². The van der Waals surface area contributed by atoms with Crippen LogP contribution >= 0.6 is 0 Å². The number of hydrogen-bond donors (Lipinski definition) is 1. The number of anilines is 1. The summed E-state index contributed by atoms with van der Waals surface area (Å²) in [4.78, 5) is 38.0. The number of amides is 2. The highest BCUT2D eigenvalue weighted by atomic mass is 32.2. The van der Waals surface area contributed by atoms with Crippen molar-refractivity contribution in [2.45, 2.75) is 39.8 Å². The van der Waals surface area contributed by atoms with Crippen LogP contribution in [0.5, 0.6) is 0 Å². The molecular formula is C23H30N4O6S. The molecular weight excluding hydrogens is 460 g/mol. The highest BCUT2D eigenvalue weighted by Gasteiger charge is 2.31. The van der Waals surface area contributed by atoms with E-state index < -0.39 is 33.4 Å². The number of carbonyl (C=O) groups excluding carboxylic acids is 2. The van der Waals surface area contributed by atoms with Crippen molar-refractivity contribution in [3.8, 4) is 0 Å². The van der Waals surface area contributed by atoms with Crippen molar-refractivity contribution >= 4 is 33.2 Å². The van der Waals surface area contributed by atoms with E-state index in [1.54, 1.807) is 38.1 Å². The molecule has 34 heavy (non-hydrogen) atoms. The number of rotatable bonds is 11. The Labute approximate surface area is 199 Å². The van der Waals surface area contributed by atoms with Gasteiger partial charge in [0, 0.05) is 25.2 Å². The van der Waals surface area contributed by atoms with Gasteiger partial charge in [-0.1, -0.05) is 43.3 Å². The monoisotopic (exact) mass is 490 g/mol. The molecule has 2 aromatic carbocycles. The lowest BCUT2D eigenvalue weighted by Gasteiger charge is -2.31. The molecule has 2 amide bonds. The van der Waals surface area contributed by atoms with E-state index in [1.807, 2.05) is 13.0 Å². The molecule has 1 N–H and O–H groups in total. The molecule has 0 saturated heterocycles. The molecule has 0 unspecified atom stereocenters. The fraction of sp³-hybridized carbons (Fsp3) is 0.391. The number of nitro benzene ring substituents is 1. The summed E-state index contributed by atoms with van der Waals surface area (Å²) >= 11 is 0. The Balaban J connectivity index is 2.44. The van der Waals surface area contributed by atoms with Crippen LogP contribution in [0.1, 0.15) is 31.4 Å². The van der Waals surface area contributed by atoms with Crippen molar-refractivity contribution in [1.29, 1.82) is 0 Å². The van der Waals surface area contributed by atoms with Gasteiger partial charge in [0.2, 0.25) is 21.8 Å². The number of aryl methyl sites for hydroxylation is 1. The first kappa shape index (κ1) is 26.8. The lowest BCUT2D eigenvalue weighted by atomic mass is 10.1. The zero-order chi connectivity index (χ0) is 25.5. The van der Waals surface area contributed by atoms with Gasteiger partial charge >= 0.3 is 0 Å². The van der Waals surface area contributed by atoms with Crippen molar-refractivity contribution in [3.63, 3.8) is 0 Å². The lowest BCUT2D eigenvalue weighted by molar-refractivity contribution is -0.384. The van der Waals surface area contributed by atoms with Gasteiger partial charge in [0.25, 0.3) is 5.69 Å². The summed E-state index contributed by atoms with van der Waals surface area (Å²) in [6.45, 7) is 5.01. The topological polar surface area (TPSA) is 130 Å². The summed E-state index contributed by atoms with van der Waals surface area (Å²) in [6, 6.07) is 12.0. The molecule has 1 atom stereocenters. The molecule has 0 spiro atoms. The van der Waals surface area contributed by atoms with Gasteiger partial charge in [-0.2, -0.15) is 0 Å². The number of benzene rings is 2. The van der Waals surface area contributed by atoms with Gasteiger partial charge in [-0.05, 0) is 31.4 Å². The minimum atomic E-state index is -3.98. The highest BCUT2D eigenvalue weighted by Crippen LogP contribution is 2.27. The molecule has 0 aliphatic heterocycles. The highest BCUT2D eigenvalue weighted by molar-refractivity contribution is 7.92. The number of sulfonamides is 1. The van der Waals surface area contributed by atoms with E-state index in [9.17, 15) is 28.1 Å². The largest absolute Gasteiger partial charge is 0.354 e. The van der Waals surface area contributed by atoms with Crippen molar-refractivity contribution in [1.82, 2.24) is 10.2 Å². The third kappa shape index (κ3) is 7.01. The summed E-state index contributed by atoms with van der Waals surface area (Å²) in [5.74, 6) is -0.970. The van der Waals surface area contributed by atoms with Crippen LogP contribution in [0.15, 0.2) is 48.5 Å². The van der Waals surface area contributed by atoms with Crippen molar-refractivity contribution in [2.24, 2.45) is 0 Å². The maximum atomic E-state index is 13.4. The summed E-state index contributed by atoms with van der Waals surface area (Å²) < 4.78 is 26.1. The number of non-ortho nitro benzene ring substituents is 1. The molecule has 0 bridgehead atoms. The van der Waals surface area contributed by atoms with Crippen molar-refractivity contribution < 1.29 is 22.9 Å². The predicted molar refractivity (Wildman–Crippen MR) is 130 cm³/mol. The molecule has 2 rings (SSSR count). The number of hydrogen-bond acceptors (Lipinski definition) is 6. The molecule has 0 heterocycles. The smallest absolute Gasteiger partial charge is 0.271 e. The zero-order valence-corrected chi connectivity index (χ0v) is 20.5. The Hall–Kier alpha value is -3.47. The standard InChI is InChI=1S/C23H30N4O6S/c1-5-13-24-23(29)18(3)25(15-19-9-7-6-8-10-19)22(28)16-26(34(4,32)33)21-14-20(27(30)31)12-11-17(21)2/h6-12,14,18H,5,13,15-16H2,1-4H3,(H,24,29)/t18-/m0/s1. The Morgan fingerprint density at radius 3 is 2.35 bits per heavy atom. The fourth-order valence-corrected chi connectivity index (χ4v) is 4.23. The number of nitrogens with one attached hydrogen (secondary N) is 1. The van der Waals surface area contributed by atoms with Gasteiger partial charge in [0.1, 0.15) is 12.6 Å². The fourth-order valence-electron chi connectivity index (χ4n) is 3.33. The van der Waals surface area contributed by atoms with Gasteiger partial charge in [0.15, 0.2) is 0 Å². The summed E-state index contributed by atoms with van der Waals surface area (Å²) in [5.41, 5.74) is 0.957. The van der Waals surface area contributed by atoms with Gasteiger partial charge in [0.05, 0.1) is 16.9 Å². The molecule has 2 aromatic rings. The molecule has 0 aliphatic rings. The minimum absolute atomic E-state index is 0.0350. The van der Waals surface area contributed by atoms with Crippen molar-refractivity contribution in [2.75, 3.05) is 23.7 Å². The van der Waals surface area contributed by atoms with E-state index in [0.29, 0.717) is 12.1 Å². The molecule has 11 heteroatoms. The van der Waals surface area contributed by atoms with Gasteiger partial charge < -0.3 is 10.2 Å². The van der Waals surface area contributed by atoms with Crippen LogP contribution in [0.4, 0.5) is 11.4 Å². The van der Waals surface area contributed by atoms with E-state index >= 15 is 0 Å². The maximum absolute atomic E-state index is 13.4. The van der Waals surface area contributed by atoms with Crippen LogP contribution in [-0.2, 0) is 26.2 Å². The zero-order valence-electron chi connectivity index (χ0n) is 19.7. The Morgan fingerprint density at radius 1 is 1.15 bits per heavy atom. The average molecular weight is 491 g/mol. The quantitative estimate of drug-likeness (QED) is 0.381. The third-order valence-electron chi connectivity index (χ3n) is 5.26. The van der Waals surface area contributed by atoms with E-state index in [2.05, 4.69) is 5.32 Å². The van der Waals surface area contributed by atoms with E-state index in [0.717, 1.165) is 28.6 Å². The second-order valence-electron chi connectivity index (χ2n) is 7.97. The number of nitrogens with zero attached hydrogens (tertiary/aromatic N) is 3. The summed E-state index contributed by atoms with van der Waals surface area (Å²) in [6.07, 6.45) is 1.65. The van der Waals surface area contributed by atoms with Crippen LogP contribution in [0, 0.1) is 17.0 Å². The van der Waals surface area contributed by atoms with Crippen LogP contribution < -0.4 is 9.62 Å². The van der Waals surface area contributed by atoms with E-state index in [4.69, 9.17) is 0 Å². The molecule has 0 aromatic heterocycles. The van der Waals surface area contributed by atoms with Crippen LogP contribution in [-0.4, -0.2) is 55.4 Å². The number of carbonyl (C=O) groups is 2. The SMILES string of the molecule is CCCNC(=O)[C@H](C)N(Cc1ccccc1)C(=O)CN(c1cc([N+](=O)[O-])ccc1C)S(C)(=O)=O. The Kier molecular flexibility index (Phi) is 9.13. The second kappa shape index (κ2) is 11.6. The van der Waals surface area contributed by atoms with E-state index in [-0.39, 0.29) is 23.8 Å². The molecule has 0 aliphatic carbocycles. The predicted octanol–water partition coefficient (Wildman–Crippen LogP) is 2.61. The minimum Gasteiger partial charge on any atom is -0.354 e. The second-order valence-corrected chi connectivity index (χ2v) is 9.88. The molecule has 10 nitrogen and oxygen atoms in total. The first-order chi connectivity index (χ1) is 16.0. The Morgan fingerprint density at radius 2 is 1.79 bits per heavy atom. The average Bonchev–Trinajstić information content (AvgIpc) is 2.79. The van der Waals surface area contributed by atoms with Crippen LogP contribution in [0.2, 0.25) is 0 Å². The number of nitro groups is 1. The first-order valence-corrected chi connectivity index (χ1v) is 12.6. The maximum Gasteiger partial charge on any atom is 0.271 e. The first-order valence-electron chi connectivity index (χ1n) is 10.8. The molecule has 184 valence electrons. The third-order valence-corrected chi connectivity index (χ3v) is 6.39. The van der Waals surface area contributed by atoms with Crippen LogP contribution in [0.25, 0.3) is 0 Å². The van der Waals surface area contributed by atoms with Gasteiger partial charge in [-0.25, -0.2) is 8.42 Å². The summed E-state index contributed by atoms with van der Waals surface area (Å²) in [5, 5.41) is 14.0. The Bertz CT molecular complexity index is 1140. The van der Waals surface area contributed by atoms with Gasteiger partial charge in [-0.15, -0.1) is 0 Å². The lowest BCUT2D eigenvalue weighted by Crippen LogP contribution is -2.51. The molecule has 0 fully saturated rings. The van der Waals surface area contributed by atoms with Crippen molar-refractivity contribution in [3.05, 3.63) is 69.8 Å². The molecule has 0 radical (unpaired) electrons. The molecule has 0 saturated carbocycles. The summed E-state index contributed by atoms with van der Waals surface area (Å²) in [7, 11) is -3.98. The van der Waals surface area contributed by atoms with Gasteiger partial charge in [-0.3, -0.25) is 24.0 Å².